The van der Waals surface area contributed by atoms with Crippen molar-refractivity contribution in [3.8, 4) is 0 Å². The van der Waals surface area contributed by atoms with Gasteiger partial charge in [-0.2, -0.15) is 0 Å². The Morgan fingerprint density at radius 3 is 2.90 bits per heavy atom. The molecule has 1 saturated heterocycles. The lowest BCUT2D eigenvalue weighted by atomic mass is 9.94. The third kappa shape index (κ3) is 3.08. The van der Waals surface area contributed by atoms with Crippen LogP contribution < -0.4 is 0 Å². The van der Waals surface area contributed by atoms with Gasteiger partial charge in [-0.3, -0.25) is 9.88 Å². The summed E-state index contributed by atoms with van der Waals surface area (Å²) in [7, 11) is 0. The quantitative estimate of drug-likeness (QED) is 0.836. The van der Waals surface area contributed by atoms with E-state index >= 15 is 0 Å². The second kappa shape index (κ2) is 6.10. The average Bonchev–Trinajstić information content (AvgIpc) is 2.47. The number of rotatable bonds is 3. The Hall–Kier alpha value is -1.48. The van der Waals surface area contributed by atoms with E-state index in [0.29, 0.717) is 18.9 Å². The van der Waals surface area contributed by atoms with Gasteiger partial charge in [-0.15, -0.1) is 0 Å². The lowest BCUT2D eigenvalue weighted by Crippen LogP contribution is -2.35. The third-order valence-electron chi connectivity index (χ3n) is 4.41. The highest BCUT2D eigenvalue weighted by atomic mass is 19.1. The first-order valence-electron chi connectivity index (χ1n) is 7.87. The fourth-order valence-electron chi connectivity index (χ4n) is 3.30. The van der Waals surface area contributed by atoms with Gasteiger partial charge in [-0.1, -0.05) is 26.0 Å². The number of hydrogen-bond donors (Lipinski definition) is 0. The van der Waals surface area contributed by atoms with Crippen LogP contribution in [0.25, 0.3) is 10.8 Å². The monoisotopic (exact) mass is 286 g/mol. The van der Waals surface area contributed by atoms with Crippen LogP contribution in [0, 0.1) is 0 Å². The Kier molecular flexibility index (Phi) is 4.20. The normalized spacial score (nSPS) is 20.3. The molecule has 0 saturated carbocycles. The molecule has 2 heterocycles. The Bertz CT molecular complexity index is 624. The van der Waals surface area contributed by atoms with Crippen molar-refractivity contribution in [1.82, 2.24) is 9.88 Å². The molecule has 1 unspecified atom stereocenters. The van der Waals surface area contributed by atoms with Gasteiger partial charge in [0.2, 0.25) is 0 Å². The highest BCUT2D eigenvalue weighted by Gasteiger charge is 2.20. The fraction of sp³-hybridized carbons (Fsp3) is 0.500. The second-order valence-corrected chi connectivity index (χ2v) is 6.36. The van der Waals surface area contributed by atoms with Crippen LogP contribution in [0.5, 0.6) is 0 Å². The zero-order chi connectivity index (χ0) is 14.8. The largest absolute Gasteiger partial charge is 0.296 e. The molecule has 0 N–H and O–H groups in total. The maximum absolute atomic E-state index is 13.6. The Labute approximate surface area is 126 Å². The molecule has 0 amide bonds. The molecule has 0 spiro atoms. The van der Waals surface area contributed by atoms with Gasteiger partial charge in [0.1, 0.15) is 6.17 Å². The summed E-state index contributed by atoms with van der Waals surface area (Å²) in [5.41, 5.74) is 2.62. The number of benzene rings is 1. The number of alkyl halides is 1. The molecule has 0 aliphatic carbocycles. The summed E-state index contributed by atoms with van der Waals surface area (Å²) in [4.78, 5) is 6.52. The molecule has 3 heteroatoms. The van der Waals surface area contributed by atoms with E-state index in [0.717, 1.165) is 19.5 Å². The van der Waals surface area contributed by atoms with Gasteiger partial charge in [0, 0.05) is 30.9 Å². The summed E-state index contributed by atoms with van der Waals surface area (Å²) in [6, 6.07) is 6.51. The van der Waals surface area contributed by atoms with E-state index in [1.54, 1.807) is 0 Å². The predicted octanol–water partition coefficient (Wildman–Crippen LogP) is 4.29. The molecule has 1 aromatic heterocycles. The minimum atomic E-state index is -0.665. The minimum absolute atomic E-state index is 0.482. The first kappa shape index (κ1) is 14.5. The zero-order valence-electron chi connectivity index (χ0n) is 12.8. The number of hydrogen-bond acceptors (Lipinski definition) is 2. The Morgan fingerprint density at radius 2 is 2.14 bits per heavy atom. The molecular weight excluding hydrogens is 263 g/mol. The van der Waals surface area contributed by atoms with E-state index in [-0.39, 0.29) is 0 Å². The van der Waals surface area contributed by atoms with Gasteiger partial charge in [0.05, 0.1) is 0 Å². The van der Waals surface area contributed by atoms with Gasteiger partial charge >= 0.3 is 0 Å². The molecule has 0 radical (unpaired) electrons. The van der Waals surface area contributed by atoms with Gasteiger partial charge in [0.25, 0.3) is 0 Å². The zero-order valence-corrected chi connectivity index (χ0v) is 12.8. The number of nitrogens with zero attached hydrogens (tertiary/aromatic N) is 2. The number of halogens is 1. The van der Waals surface area contributed by atoms with Crippen LogP contribution in [-0.4, -0.2) is 29.1 Å². The summed E-state index contributed by atoms with van der Waals surface area (Å²) in [6.07, 6.45) is 4.83. The number of aromatic nitrogens is 1. The molecule has 1 fully saturated rings. The SMILES string of the molecule is CC(C)c1ccc(CN2CCCC(F)C2)c2ccncc12. The lowest BCUT2D eigenvalue weighted by molar-refractivity contribution is 0.133. The number of piperidine rings is 1. The molecule has 2 nitrogen and oxygen atoms in total. The van der Waals surface area contributed by atoms with Crippen LogP contribution in [0.15, 0.2) is 30.6 Å². The minimum Gasteiger partial charge on any atom is -0.296 e. The molecular formula is C18H23FN2. The smallest absolute Gasteiger partial charge is 0.113 e. The molecule has 21 heavy (non-hydrogen) atoms. The number of likely N-dealkylation sites (tertiary alicyclic amines) is 1. The maximum atomic E-state index is 13.6. The number of fused-ring (bicyclic) bond motifs is 1. The van der Waals surface area contributed by atoms with E-state index in [2.05, 4.69) is 41.9 Å². The fourth-order valence-corrected chi connectivity index (χ4v) is 3.30. The molecule has 3 rings (SSSR count). The van der Waals surface area contributed by atoms with Crippen LogP contribution in [-0.2, 0) is 6.54 Å². The first-order valence-corrected chi connectivity index (χ1v) is 7.87. The van der Waals surface area contributed by atoms with E-state index in [1.807, 2.05) is 12.4 Å². The topological polar surface area (TPSA) is 16.1 Å². The molecule has 1 aliphatic rings. The van der Waals surface area contributed by atoms with E-state index in [4.69, 9.17) is 0 Å². The molecule has 0 bridgehead atoms. The van der Waals surface area contributed by atoms with E-state index < -0.39 is 6.17 Å². The van der Waals surface area contributed by atoms with Crippen molar-refractivity contribution in [1.29, 1.82) is 0 Å². The van der Waals surface area contributed by atoms with Crippen LogP contribution >= 0.6 is 0 Å². The van der Waals surface area contributed by atoms with Crippen molar-refractivity contribution >= 4 is 10.8 Å². The van der Waals surface area contributed by atoms with Gasteiger partial charge in [0.15, 0.2) is 0 Å². The van der Waals surface area contributed by atoms with Crippen molar-refractivity contribution in [3.05, 3.63) is 41.7 Å². The van der Waals surface area contributed by atoms with E-state index in [9.17, 15) is 4.39 Å². The highest BCUT2D eigenvalue weighted by Crippen LogP contribution is 2.28. The van der Waals surface area contributed by atoms with Crippen LogP contribution in [0.1, 0.15) is 43.7 Å². The van der Waals surface area contributed by atoms with Crippen LogP contribution in [0.4, 0.5) is 4.39 Å². The van der Waals surface area contributed by atoms with E-state index in [1.165, 1.54) is 21.9 Å². The van der Waals surface area contributed by atoms with Crippen LogP contribution in [0.2, 0.25) is 0 Å². The van der Waals surface area contributed by atoms with Crippen molar-refractivity contribution < 1.29 is 4.39 Å². The first-order chi connectivity index (χ1) is 10.1. The molecule has 1 atom stereocenters. The van der Waals surface area contributed by atoms with Crippen LogP contribution in [0.3, 0.4) is 0 Å². The van der Waals surface area contributed by atoms with Crippen molar-refractivity contribution in [3.63, 3.8) is 0 Å². The summed E-state index contributed by atoms with van der Waals surface area (Å²) in [6.45, 7) is 6.82. The molecule has 1 aromatic carbocycles. The van der Waals surface area contributed by atoms with Gasteiger partial charge in [-0.25, -0.2) is 4.39 Å². The van der Waals surface area contributed by atoms with Gasteiger partial charge < -0.3 is 0 Å². The second-order valence-electron chi connectivity index (χ2n) is 6.36. The summed E-state index contributed by atoms with van der Waals surface area (Å²) < 4.78 is 13.6. The highest BCUT2D eigenvalue weighted by molar-refractivity contribution is 5.88. The van der Waals surface area contributed by atoms with Crippen molar-refractivity contribution in [2.24, 2.45) is 0 Å². The number of pyridine rings is 1. The summed E-state index contributed by atoms with van der Waals surface area (Å²) in [5.74, 6) is 0.482. The third-order valence-corrected chi connectivity index (χ3v) is 4.41. The Balaban J connectivity index is 1.94. The van der Waals surface area contributed by atoms with Crippen molar-refractivity contribution in [2.75, 3.05) is 13.1 Å². The lowest BCUT2D eigenvalue weighted by Gasteiger charge is -2.29. The standard InChI is InChI=1S/C18H23FN2/c1-13(2)16-6-5-14(17-7-8-20-10-18(16)17)11-21-9-3-4-15(19)12-21/h5-8,10,13,15H,3-4,9,11-12H2,1-2H3. The molecule has 112 valence electrons. The Morgan fingerprint density at radius 1 is 1.29 bits per heavy atom. The summed E-state index contributed by atoms with van der Waals surface area (Å²) in [5, 5.41) is 2.50. The predicted molar refractivity (Wildman–Crippen MR) is 85.2 cm³/mol. The van der Waals surface area contributed by atoms with Crippen molar-refractivity contribution in [2.45, 2.75) is 45.3 Å². The van der Waals surface area contributed by atoms with Gasteiger partial charge in [-0.05, 0) is 47.9 Å². The molecule has 2 aromatic rings. The average molecular weight is 286 g/mol. The maximum Gasteiger partial charge on any atom is 0.113 e. The molecule has 1 aliphatic heterocycles. The summed E-state index contributed by atoms with van der Waals surface area (Å²) >= 11 is 0.